The third-order valence-electron chi connectivity index (χ3n) is 6.54. The van der Waals surface area contributed by atoms with Gasteiger partial charge in [-0.3, -0.25) is 42.0 Å². The van der Waals surface area contributed by atoms with Crippen molar-refractivity contribution < 1.29 is 47.5 Å². The lowest BCUT2D eigenvalue weighted by atomic mass is 10.2. The number of nitrogens with zero attached hydrogens (tertiary/aromatic N) is 8. The minimum atomic E-state index is -0.828. The molecular weight excluding hydrogens is 958 g/mol. The molecule has 0 saturated carbocycles. The van der Waals surface area contributed by atoms with E-state index < -0.39 is 35.0 Å². The van der Waals surface area contributed by atoms with Gasteiger partial charge in [-0.1, -0.05) is 0 Å². The van der Waals surface area contributed by atoms with Crippen LogP contribution in [-0.2, 0) is 9.47 Å². The van der Waals surface area contributed by atoms with E-state index in [2.05, 4.69) is 98.4 Å². The molecule has 2 aromatic carbocycles. The minimum Gasteiger partial charge on any atom is -0.444 e. The predicted molar refractivity (Wildman–Crippen MR) is 228 cm³/mol. The Hall–Kier alpha value is -6.52. The van der Waals surface area contributed by atoms with Crippen molar-refractivity contribution in [3.63, 3.8) is 0 Å². The number of hydrogen-bond acceptors (Lipinski definition) is 18. The van der Waals surface area contributed by atoms with Crippen molar-refractivity contribution >= 4 is 90.6 Å². The molecule has 62 heavy (non-hydrogen) atoms. The number of amidine groups is 2. The maximum Gasteiger partial charge on any atom is 0.414 e. The van der Waals surface area contributed by atoms with Gasteiger partial charge in [-0.25, -0.2) is 37.6 Å². The molecular formula is C34H44Br2F2N16O8. The fraction of sp³-hybridized carbons (Fsp3) is 0.353. The zero-order valence-corrected chi connectivity index (χ0v) is 37.1. The Morgan fingerprint density at radius 1 is 0.710 bits per heavy atom. The van der Waals surface area contributed by atoms with Gasteiger partial charge in [-0.2, -0.15) is 0 Å². The van der Waals surface area contributed by atoms with Crippen molar-refractivity contribution in [2.75, 3.05) is 36.8 Å². The molecule has 0 aliphatic carbocycles. The molecule has 4 aromatic rings. The van der Waals surface area contributed by atoms with Crippen LogP contribution < -0.4 is 43.7 Å². The molecule has 0 aliphatic rings. The Balaban J connectivity index is 0.000000365. The van der Waals surface area contributed by atoms with Crippen LogP contribution in [0.4, 0.5) is 41.4 Å². The molecule has 0 unspecified atom stereocenters. The summed E-state index contributed by atoms with van der Waals surface area (Å²) in [7, 11) is 0. The summed E-state index contributed by atoms with van der Waals surface area (Å²) < 4.78 is 46.9. The number of rotatable bonds is 12. The van der Waals surface area contributed by atoms with E-state index >= 15 is 0 Å². The molecule has 0 aliphatic heterocycles. The molecule has 12 N–H and O–H groups in total. The van der Waals surface area contributed by atoms with Gasteiger partial charge in [-0.15, -0.1) is 0 Å². The maximum atomic E-state index is 13.5. The number of amides is 2. The van der Waals surface area contributed by atoms with Crippen molar-refractivity contribution in [1.82, 2.24) is 42.2 Å². The lowest BCUT2D eigenvalue weighted by Gasteiger charge is -2.22. The number of anilines is 2. The molecule has 2 amide bonds. The van der Waals surface area contributed by atoms with Crippen LogP contribution in [-0.4, -0.2) is 104 Å². The van der Waals surface area contributed by atoms with E-state index in [4.69, 9.17) is 25.6 Å². The standard InChI is InChI=1S/C22H30BrFN8O6.C12H14BrFN8O2/c1-21(2,3)36-19(33)28-18(29-20(34)37-22(4,5)6)26-10-9-25-16-15(31-38-32-16)17(30-35)27-12-7-8-14(24)13(23)11-12;13-7-5-6(1-2-8(7)14)19-11(20-23)9-10(22-24-21-9)17-3-4-18-12(15)16/h7-8,11,35H,9-10H2,1-6H3,(H,25,32)(H,27,30)(H2,26,28,29,33,34);1-2,5,23H,3-4H2,(H,17,22)(H,19,20)(H4,15,16,18). The van der Waals surface area contributed by atoms with Gasteiger partial charge in [0.25, 0.3) is 0 Å². The van der Waals surface area contributed by atoms with Crippen LogP contribution in [0.5, 0.6) is 0 Å². The number of hydrogen-bond donors (Lipinski definition) is 10. The van der Waals surface area contributed by atoms with Crippen LogP contribution in [0.1, 0.15) is 52.9 Å². The molecule has 0 fully saturated rings. The second-order valence-corrected chi connectivity index (χ2v) is 15.6. The molecule has 0 bridgehead atoms. The summed E-state index contributed by atoms with van der Waals surface area (Å²) in [6.45, 7) is 10.9. The zero-order chi connectivity index (χ0) is 46.0. The number of hydroxylamine groups is 2. The lowest BCUT2D eigenvalue weighted by Crippen LogP contribution is -2.47. The molecule has 336 valence electrons. The third kappa shape index (κ3) is 17.6. The Kier molecular flexibility index (Phi) is 18.9. The maximum absolute atomic E-state index is 13.5. The molecule has 0 saturated heterocycles. The fourth-order valence-electron chi connectivity index (χ4n) is 4.16. The highest BCUT2D eigenvalue weighted by Gasteiger charge is 2.22. The first kappa shape index (κ1) is 49.8. The van der Waals surface area contributed by atoms with E-state index in [-0.39, 0.29) is 68.6 Å². The van der Waals surface area contributed by atoms with Gasteiger partial charge in [0.2, 0.25) is 17.6 Å². The number of aliphatic imine (C=N–C) groups is 4. The van der Waals surface area contributed by atoms with E-state index in [1.165, 1.54) is 36.4 Å². The molecule has 0 spiro atoms. The van der Waals surface area contributed by atoms with Crippen molar-refractivity contribution in [2.45, 2.75) is 52.7 Å². The van der Waals surface area contributed by atoms with Gasteiger partial charge in [0.1, 0.15) is 22.8 Å². The van der Waals surface area contributed by atoms with Gasteiger partial charge < -0.3 is 31.6 Å². The number of nitrogens with two attached hydrogens (primary N) is 2. The first-order valence-electron chi connectivity index (χ1n) is 17.8. The number of benzene rings is 2. The van der Waals surface area contributed by atoms with Crippen LogP contribution >= 0.6 is 31.9 Å². The van der Waals surface area contributed by atoms with Crippen molar-refractivity contribution in [1.29, 1.82) is 0 Å². The number of aromatic nitrogens is 4. The average Bonchev–Trinajstić information content (AvgIpc) is 3.84. The van der Waals surface area contributed by atoms with Gasteiger partial charge in [0.05, 0.1) is 33.4 Å². The summed E-state index contributed by atoms with van der Waals surface area (Å²) in [5.74, 6) is -0.987. The van der Waals surface area contributed by atoms with E-state index in [0.717, 1.165) is 0 Å². The van der Waals surface area contributed by atoms with Crippen LogP contribution in [0, 0.1) is 11.6 Å². The molecule has 24 nitrogen and oxygen atoms in total. The zero-order valence-electron chi connectivity index (χ0n) is 33.9. The van der Waals surface area contributed by atoms with Crippen LogP contribution in [0.15, 0.2) is 74.6 Å². The normalized spacial score (nSPS) is 11.6. The summed E-state index contributed by atoms with van der Waals surface area (Å²) in [5, 5.41) is 44.1. The molecule has 2 aromatic heterocycles. The van der Waals surface area contributed by atoms with Crippen LogP contribution in [0.3, 0.4) is 0 Å². The highest BCUT2D eigenvalue weighted by Crippen LogP contribution is 2.24. The summed E-state index contributed by atoms with van der Waals surface area (Å²) in [6.07, 6.45) is -1.66. The molecule has 0 radical (unpaired) electrons. The van der Waals surface area contributed by atoms with Crippen molar-refractivity contribution in [3.8, 4) is 0 Å². The number of ether oxygens (including phenoxy) is 2. The van der Waals surface area contributed by atoms with Crippen LogP contribution in [0.25, 0.3) is 0 Å². The number of carbonyl (C=O) groups excluding carboxylic acids is 2. The third-order valence-corrected chi connectivity index (χ3v) is 7.75. The second-order valence-electron chi connectivity index (χ2n) is 13.9. The van der Waals surface area contributed by atoms with Gasteiger partial charge in [-0.05, 0) is 130 Å². The Morgan fingerprint density at radius 3 is 1.47 bits per heavy atom. The molecule has 2 heterocycles. The lowest BCUT2D eigenvalue weighted by molar-refractivity contribution is 0.0545. The first-order chi connectivity index (χ1) is 29.2. The van der Waals surface area contributed by atoms with E-state index in [1.54, 1.807) is 41.5 Å². The molecule has 4 rings (SSSR count). The molecule has 0 atom stereocenters. The van der Waals surface area contributed by atoms with Crippen molar-refractivity contribution in [3.05, 3.63) is 68.4 Å². The number of halogens is 4. The Bertz CT molecular complexity index is 2220. The van der Waals surface area contributed by atoms with E-state index in [1.807, 2.05) is 11.0 Å². The van der Waals surface area contributed by atoms with Crippen molar-refractivity contribution in [2.24, 2.45) is 31.4 Å². The number of nitrogens with one attached hydrogen (secondary N) is 6. The second kappa shape index (κ2) is 23.5. The van der Waals surface area contributed by atoms with Crippen LogP contribution in [0.2, 0.25) is 0 Å². The largest absolute Gasteiger partial charge is 0.444 e. The highest BCUT2D eigenvalue weighted by molar-refractivity contribution is 9.10. The number of carbonyl (C=O) groups is 2. The van der Waals surface area contributed by atoms with Gasteiger partial charge in [0.15, 0.2) is 29.0 Å². The monoisotopic (exact) mass is 1000 g/mol. The smallest absolute Gasteiger partial charge is 0.414 e. The van der Waals surface area contributed by atoms with E-state index in [0.29, 0.717) is 24.5 Å². The first-order valence-corrected chi connectivity index (χ1v) is 19.4. The molecule has 28 heteroatoms. The number of alkyl carbamates (subject to hydrolysis) is 2. The average molecular weight is 1000 g/mol. The summed E-state index contributed by atoms with van der Waals surface area (Å²) in [6, 6.07) is 8.09. The topological polar surface area (TPSA) is 345 Å². The fourth-order valence-corrected chi connectivity index (χ4v) is 4.89. The SMILES string of the molecule is CC(C)(C)OC(=O)NC(=NCCNc1nonc1C(=Nc1ccc(F)c(Br)c1)NO)NC(=O)OC(C)(C)C.NC(N)=NCCNc1nonc1C(=Nc1ccc(F)c(Br)c1)NO. The number of guanidine groups is 2. The highest BCUT2D eigenvalue weighted by atomic mass is 79.9. The summed E-state index contributed by atoms with van der Waals surface area (Å²) >= 11 is 6.12. The Labute approximate surface area is 368 Å². The quantitative estimate of drug-likeness (QED) is 0.0402. The summed E-state index contributed by atoms with van der Waals surface area (Å²) in [5.41, 5.74) is 13.5. The van der Waals surface area contributed by atoms with Gasteiger partial charge >= 0.3 is 12.2 Å². The Morgan fingerprint density at radius 2 is 1.11 bits per heavy atom. The predicted octanol–water partition coefficient (Wildman–Crippen LogP) is 4.56. The van der Waals surface area contributed by atoms with Gasteiger partial charge in [0, 0.05) is 13.1 Å². The minimum absolute atomic E-state index is 0.0240. The van der Waals surface area contributed by atoms with E-state index in [9.17, 15) is 28.8 Å². The summed E-state index contributed by atoms with van der Waals surface area (Å²) in [4.78, 5) is 40.6.